The summed E-state index contributed by atoms with van der Waals surface area (Å²) in [4.78, 5) is 21.1. The Hall–Kier alpha value is -0.510. The second-order valence-electron chi connectivity index (χ2n) is 2.20. The van der Waals surface area contributed by atoms with E-state index in [-0.39, 0.29) is 16.4 Å². The smallest absolute Gasteiger partial charge is 0.220 e. The summed E-state index contributed by atoms with van der Waals surface area (Å²) in [5, 5.41) is 2.78. The normalized spacial score (nSPS) is 24.5. The maximum atomic E-state index is 10.6. The van der Waals surface area contributed by atoms with Crippen molar-refractivity contribution in [2.24, 2.45) is 0 Å². The highest BCUT2D eigenvalue weighted by Gasteiger charge is 2.21. The Balaban J connectivity index is 2.31. The zero-order valence-corrected chi connectivity index (χ0v) is 6.53. The van der Waals surface area contributed by atoms with Crippen LogP contribution in [-0.4, -0.2) is 16.4 Å². The van der Waals surface area contributed by atoms with Gasteiger partial charge in [0.05, 0.1) is 5.37 Å². The molecule has 0 saturated carbocycles. The van der Waals surface area contributed by atoms with Gasteiger partial charge < -0.3 is 5.32 Å². The van der Waals surface area contributed by atoms with Crippen LogP contribution in [0, 0.1) is 0 Å². The number of hydrogen-bond acceptors (Lipinski definition) is 3. The van der Waals surface area contributed by atoms with Crippen LogP contribution in [0.4, 0.5) is 0 Å². The summed E-state index contributed by atoms with van der Waals surface area (Å²) in [6, 6.07) is 0. The average Bonchev–Trinajstić information content (AvgIpc) is 2.13. The molecule has 1 rings (SSSR count). The molecule has 1 aliphatic rings. The molecule has 4 heteroatoms. The van der Waals surface area contributed by atoms with Gasteiger partial charge in [0.25, 0.3) is 0 Å². The number of hydrogen-bond donors (Lipinski definition) is 1. The van der Waals surface area contributed by atoms with Gasteiger partial charge in [-0.05, 0) is 6.42 Å². The van der Waals surface area contributed by atoms with Gasteiger partial charge in [0.15, 0.2) is 5.12 Å². The first-order valence-electron chi connectivity index (χ1n) is 3.15. The first-order valence-corrected chi connectivity index (χ1v) is 4.03. The predicted octanol–water partition coefficient (Wildman–Crippen LogP) is 0.502. The maximum absolute atomic E-state index is 10.6. The molecule has 1 saturated heterocycles. The topological polar surface area (TPSA) is 46.2 Å². The highest BCUT2D eigenvalue weighted by Crippen LogP contribution is 2.19. The highest BCUT2D eigenvalue weighted by molar-refractivity contribution is 8.14. The zero-order valence-electron chi connectivity index (χ0n) is 5.72. The van der Waals surface area contributed by atoms with E-state index in [0.717, 1.165) is 6.42 Å². The lowest BCUT2D eigenvalue weighted by molar-refractivity contribution is -0.119. The van der Waals surface area contributed by atoms with Gasteiger partial charge in [-0.3, -0.25) is 9.59 Å². The predicted molar refractivity (Wildman–Crippen MR) is 39.4 cm³/mol. The summed E-state index contributed by atoms with van der Waals surface area (Å²) in [6.45, 7) is 1.51. The van der Waals surface area contributed by atoms with Crippen LogP contribution in [0.2, 0.25) is 0 Å². The fraction of sp³-hybridized carbons (Fsp3) is 0.667. The first kappa shape index (κ1) is 7.60. The highest BCUT2D eigenvalue weighted by atomic mass is 32.2. The van der Waals surface area contributed by atoms with Gasteiger partial charge in [-0.25, -0.2) is 0 Å². The SMILES string of the molecule is CC(=O)SC1CCC(=O)N1. The van der Waals surface area contributed by atoms with Crippen LogP contribution in [0.5, 0.6) is 0 Å². The van der Waals surface area contributed by atoms with Crippen molar-refractivity contribution >= 4 is 22.8 Å². The Bertz CT molecular complexity index is 169. The van der Waals surface area contributed by atoms with E-state index in [2.05, 4.69) is 5.32 Å². The summed E-state index contributed by atoms with van der Waals surface area (Å²) in [5.74, 6) is 0.0544. The minimum atomic E-state index is 0.0324. The molecule has 0 aliphatic carbocycles. The number of thioether (sulfide) groups is 1. The number of carbonyl (C=O) groups excluding carboxylic acids is 2. The van der Waals surface area contributed by atoms with Gasteiger partial charge in [-0.15, -0.1) is 0 Å². The molecule has 1 amide bonds. The summed E-state index contributed by atoms with van der Waals surface area (Å²) in [7, 11) is 0. The number of rotatable bonds is 1. The third-order valence-electron chi connectivity index (χ3n) is 1.26. The second-order valence-corrected chi connectivity index (χ2v) is 3.58. The van der Waals surface area contributed by atoms with Crippen LogP contribution in [-0.2, 0) is 9.59 Å². The summed E-state index contributed by atoms with van der Waals surface area (Å²) in [6.07, 6.45) is 1.34. The molecule has 3 nitrogen and oxygen atoms in total. The molecule has 1 heterocycles. The van der Waals surface area contributed by atoms with Crippen LogP contribution >= 0.6 is 11.8 Å². The number of amides is 1. The Morgan fingerprint density at radius 3 is 2.90 bits per heavy atom. The average molecular weight is 159 g/mol. The Kier molecular flexibility index (Phi) is 2.32. The molecular formula is C6H9NO2S. The summed E-state index contributed by atoms with van der Waals surface area (Å²) >= 11 is 1.19. The third-order valence-corrected chi connectivity index (χ3v) is 2.23. The minimum Gasteiger partial charge on any atom is -0.344 e. The Morgan fingerprint density at radius 2 is 2.50 bits per heavy atom. The van der Waals surface area contributed by atoms with Crippen LogP contribution in [0.1, 0.15) is 19.8 Å². The minimum absolute atomic E-state index is 0.0324. The van der Waals surface area contributed by atoms with E-state index < -0.39 is 0 Å². The zero-order chi connectivity index (χ0) is 7.56. The largest absolute Gasteiger partial charge is 0.344 e. The lowest BCUT2D eigenvalue weighted by atomic mass is 10.4. The standard InChI is InChI=1S/C6H9NO2S/c1-4(8)10-6-3-2-5(9)7-6/h6H,2-3H2,1H3,(H,7,9). The van der Waals surface area contributed by atoms with E-state index in [9.17, 15) is 9.59 Å². The number of carbonyl (C=O) groups is 2. The maximum Gasteiger partial charge on any atom is 0.220 e. The van der Waals surface area contributed by atoms with Crippen molar-refractivity contribution in [3.05, 3.63) is 0 Å². The molecule has 1 N–H and O–H groups in total. The molecule has 0 aromatic rings. The van der Waals surface area contributed by atoms with Gasteiger partial charge in [-0.2, -0.15) is 0 Å². The quantitative estimate of drug-likeness (QED) is 0.606. The van der Waals surface area contributed by atoms with Gasteiger partial charge in [0.2, 0.25) is 5.91 Å². The van der Waals surface area contributed by atoms with Gasteiger partial charge in [0.1, 0.15) is 0 Å². The van der Waals surface area contributed by atoms with E-state index in [1.54, 1.807) is 0 Å². The van der Waals surface area contributed by atoms with Gasteiger partial charge >= 0.3 is 0 Å². The fourth-order valence-electron chi connectivity index (χ4n) is 0.875. The molecule has 0 radical (unpaired) electrons. The van der Waals surface area contributed by atoms with Crippen molar-refractivity contribution in [1.82, 2.24) is 5.32 Å². The molecule has 56 valence electrons. The van der Waals surface area contributed by atoms with Gasteiger partial charge in [0, 0.05) is 13.3 Å². The second kappa shape index (κ2) is 3.05. The van der Waals surface area contributed by atoms with Crippen LogP contribution in [0.25, 0.3) is 0 Å². The van der Waals surface area contributed by atoms with E-state index in [1.807, 2.05) is 0 Å². The molecular weight excluding hydrogens is 150 g/mol. The molecule has 1 fully saturated rings. The van der Waals surface area contributed by atoms with Crippen LogP contribution in [0.15, 0.2) is 0 Å². The van der Waals surface area contributed by atoms with Crippen LogP contribution < -0.4 is 5.32 Å². The summed E-state index contributed by atoms with van der Waals surface area (Å²) in [5.41, 5.74) is 0. The third kappa shape index (κ3) is 2.02. The Morgan fingerprint density at radius 1 is 1.80 bits per heavy atom. The van der Waals surface area contributed by atoms with E-state index in [4.69, 9.17) is 0 Å². The van der Waals surface area contributed by atoms with Crippen molar-refractivity contribution in [2.45, 2.75) is 25.1 Å². The molecule has 10 heavy (non-hydrogen) atoms. The first-order chi connectivity index (χ1) is 4.68. The molecule has 0 bridgehead atoms. The number of nitrogens with one attached hydrogen (secondary N) is 1. The molecule has 1 aliphatic heterocycles. The Labute approximate surface area is 63.6 Å². The fourth-order valence-corrected chi connectivity index (χ4v) is 1.70. The van der Waals surface area contributed by atoms with E-state index in [0.29, 0.717) is 6.42 Å². The van der Waals surface area contributed by atoms with E-state index >= 15 is 0 Å². The lowest BCUT2D eigenvalue weighted by Gasteiger charge is -2.04. The van der Waals surface area contributed by atoms with Crippen molar-refractivity contribution in [3.8, 4) is 0 Å². The molecule has 0 spiro atoms. The van der Waals surface area contributed by atoms with Crippen molar-refractivity contribution in [1.29, 1.82) is 0 Å². The monoisotopic (exact) mass is 159 g/mol. The van der Waals surface area contributed by atoms with Gasteiger partial charge in [-0.1, -0.05) is 11.8 Å². The van der Waals surface area contributed by atoms with Crippen molar-refractivity contribution in [3.63, 3.8) is 0 Å². The van der Waals surface area contributed by atoms with E-state index in [1.165, 1.54) is 18.7 Å². The lowest BCUT2D eigenvalue weighted by Crippen LogP contribution is -2.22. The van der Waals surface area contributed by atoms with Crippen molar-refractivity contribution in [2.75, 3.05) is 0 Å². The summed E-state index contributed by atoms with van der Waals surface area (Å²) < 4.78 is 0. The molecule has 0 aromatic carbocycles. The molecule has 0 aromatic heterocycles. The van der Waals surface area contributed by atoms with Crippen LogP contribution in [0.3, 0.4) is 0 Å². The molecule has 1 unspecified atom stereocenters. The molecule has 1 atom stereocenters. The van der Waals surface area contributed by atoms with Crippen molar-refractivity contribution < 1.29 is 9.59 Å².